The Labute approximate surface area is 188 Å². The largest absolute Gasteiger partial charge is 0.478 e. The van der Waals surface area contributed by atoms with E-state index < -0.39 is 5.97 Å². The summed E-state index contributed by atoms with van der Waals surface area (Å²) >= 11 is 0. The van der Waals surface area contributed by atoms with E-state index in [4.69, 9.17) is 0 Å². The summed E-state index contributed by atoms with van der Waals surface area (Å²) in [5, 5.41) is 15.4. The molecule has 0 unspecified atom stereocenters. The lowest BCUT2D eigenvalue weighted by atomic mass is 9.92. The Balaban J connectivity index is 1.56. The lowest BCUT2D eigenvalue weighted by molar-refractivity contribution is -0.131. The molecule has 0 radical (unpaired) electrons. The molecule has 4 aromatic carbocycles. The van der Waals surface area contributed by atoms with Crippen molar-refractivity contribution in [2.24, 2.45) is 0 Å². The molecule has 2 N–H and O–H groups in total. The highest BCUT2D eigenvalue weighted by Crippen LogP contribution is 2.43. The number of fused-ring (bicyclic) bond motifs is 2. The van der Waals surface area contributed by atoms with Gasteiger partial charge in [0.1, 0.15) is 0 Å². The van der Waals surface area contributed by atoms with Crippen LogP contribution >= 0.6 is 0 Å². The van der Waals surface area contributed by atoms with Gasteiger partial charge >= 0.3 is 5.97 Å². The van der Waals surface area contributed by atoms with Gasteiger partial charge in [-0.25, -0.2) is 4.79 Å². The first-order valence-corrected chi connectivity index (χ1v) is 11.1. The van der Waals surface area contributed by atoms with Crippen molar-refractivity contribution in [2.75, 3.05) is 11.9 Å². The number of aliphatic carboxylic acids is 1. The van der Waals surface area contributed by atoms with Crippen molar-refractivity contribution < 1.29 is 9.90 Å². The first-order valence-electron chi connectivity index (χ1n) is 11.1. The fraction of sp³-hybridized carbons (Fsp3) is 0.138. The smallest absolute Gasteiger partial charge is 0.328 e. The van der Waals surface area contributed by atoms with Crippen LogP contribution in [0.15, 0.2) is 91.0 Å². The van der Waals surface area contributed by atoms with E-state index in [9.17, 15) is 9.90 Å². The fourth-order valence-corrected chi connectivity index (χ4v) is 4.71. The van der Waals surface area contributed by atoms with Crippen LogP contribution < -0.4 is 5.32 Å². The topological polar surface area (TPSA) is 49.3 Å². The zero-order valence-corrected chi connectivity index (χ0v) is 17.8. The van der Waals surface area contributed by atoms with Crippen molar-refractivity contribution in [3.8, 4) is 11.1 Å². The van der Waals surface area contributed by atoms with Gasteiger partial charge in [-0.1, -0.05) is 72.8 Å². The third-order valence-electron chi connectivity index (χ3n) is 6.21. The molecule has 0 saturated heterocycles. The SMILES string of the molecule is O=C(O)/C=C1\CCc2c1ccc(NCCc1ccccc1)c2-c1ccc2ccccc2c1. The number of rotatable bonds is 6. The molecule has 0 aromatic heterocycles. The summed E-state index contributed by atoms with van der Waals surface area (Å²) in [6.45, 7) is 0.835. The molecule has 1 aliphatic rings. The van der Waals surface area contributed by atoms with Gasteiger partial charge in [-0.3, -0.25) is 0 Å². The van der Waals surface area contributed by atoms with E-state index in [2.05, 4.69) is 84.2 Å². The molecule has 0 amide bonds. The van der Waals surface area contributed by atoms with Gasteiger partial charge in [0.05, 0.1) is 0 Å². The number of carboxylic acids is 1. The molecule has 0 bridgehead atoms. The minimum atomic E-state index is -0.884. The highest BCUT2D eigenvalue weighted by atomic mass is 16.4. The maximum atomic E-state index is 11.3. The number of carboxylic acid groups (broad SMARTS) is 1. The molecule has 0 fully saturated rings. The first kappa shape index (κ1) is 20.1. The number of allylic oxidation sites excluding steroid dienone is 1. The minimum absolute atomic E-state index is 0.760. The molecule has 0 heterocycles. The van der Waals surface area contributed by atoms with E-state index in [0.717, 1.165) is 42.6 Å². The van der Waals surface area contributed by atoms with Gasteiger partial charge < -0.3 is 10.4 Å². The summed E-state index contributed by atoms with van der Waals surface area (Å²) < 4.78 is 0. The van der Waals surface area contributed by atoms with Crippen LogP contribution in [0, 0.1) is 0 Å². The maximum absolute atomic E-state index is 11.3. The quantitative estimate of drug-likeness (QED) is 0.347. The lowest BCUT2D eigenvalue weighted by Gasteiger charge is -2.17. The van der Waals surface area contributed by atoms with Crippen molar-refractivity contribution in [3.63, 3.8) is 0 Å². The molecule has 4 aromatic rings. The number of anilines is 1. The second-order valence-electron chi connectivity index (χ2n) is 8.25. The summed E-state index contributed by atoms with van der Waals surface area (Å²) in [7, 11) is 0. The predicted octanol–water partition coefficient (Wildman–Crippen LogP) is 6.58. The molecule has 0 aliphatic heterocycles. The Hall–Kier alpha value is -3.85. The molecule has 1 aliphatic carbocycles. The van der Waals surface area contributed by atoms with Gasteiger partial charge in [0.25, 0.3) is 0 Å². The zero-order chi connectivity index (χ0) is 21.9. The molecule has 158 valence electrons. The van der Waals surface area contributed by atoms with Crippen LogP contribution in [0.3, 0.4) is 0 Å². The van der Waals surface area contributed by atoms with Gasteiger partial charge in [-0.15, -0.1) is 0 Å². The summed E-state index contributed by atoms with van der Waals surface area (Å²) in [6.07, 6.45) is 3.91. The van der Waals surface area contributed by atoms with E-state index in [1.54, 1.807) is 0 Å². The van der Waals surface area contributed by atoms with Crippen molar-refractivity contribution >= 4 is 28.0 Å². The van der Waals surface area contributed by atoms with Crippen molar-refractivity contribution in [2.45, 2.75) is 19.3 Å². The molecular formula is C29H25NO2. The fourth-order valence-electron chi connectivity index (χ4n) is 4.71. The van der Waals surface area contributed by atoms with Crippen LogP contribution in [-0.2, 0) is 17.6 Å². The normalized spacial score (nSPS) is 13.9. The molecule has 3 nitrogen and oxygen atoms in total. The summed E-state index contributed by atoms with van der Waals surface area (Å²) in [5.41, 5.74) is 7.97. The standard InChI is InChI=1S/C29H25NO2/c31-28(32)19-23-12-13-26-25(23)14-15-27(30-17-16-20-6-2-1-3-7-20)29(26)24-11-10-21-8-4-5-9-22(21)18-24/h1-11,14-15,18-19,30H,12-13,16-17H2,(H,31,32)/b23-19+. The summed E-state index contributed by atoms with van der Waals surface area (Å²) in [6, 6.07) is 29.6. The number of nitrogens with one attached hydrogen (secondary N) is 1. The predicted molar refractivity (Wildman–Crippen MR) is 132 cm³/mol. The minimum Gasteiger partial charge on any atom is -0.478 e. The number of hydrogen-bond acceptors (Lipinski definition) is 2. The van der Waals surface area contributed by atoms with Crippen LogP contribution in [0.25, 0.3) is 27.5 Å². The van der Waals surface area contributed by atoms with E-state index >= 15 is 0 Å². The van der Waals surface area contributed by atoms with Crippen molar-refractivity contribution in [3.05, 3.63) is 108 Å². The molecular weight excluding hydrogens is 394 g/mol. The van der Waals surface area contributed by atoms with Gasteiger partial charge in [0, 0.05) is 23.9 Å². The van der Waals surface area contributed by atoms with E-state index in [1.165, 1.54) is 39.1 Å². The second kappa shape index (κ2) is 8.72. The first-order chi connectivity index (χ1) is 15.7. The van der Waals surface area contributed by atoms with Crippen LogP contribution in [-0.4, -0.2) is 17.6 Å². The molecule has 0 spiro atoms. The highest BCUT2D eigenvalue weighted by Gasteiger charge is 2.23. The summed E-state index contributed by atoms with van der Waals surface area (Å²) in [5.74, 6) is -0.884. The van der Waals surface area contributed by atoms with E-state index in [1.807, 2.05) is 6.07 Å². The zero-order valence-electron chi connectivity index (χ0n) is 17.8. The van der Waals surface area contributed by atoms with Crippen LogP contribution in [0.5, 0.6) is 0 Å². The van der Waals surface area contributed by atoms with Gasteiger partial charge in [-0.2, -0.15) is 0 Å². The molecule has 0 atom stereocenters. The van der Waals surface area contributed by atoms with Gasteiger partial charge in [-0.05, 0) is 70.0 Å². The molecule has 5 rings (SSSR count). The van der Waals surface area contributed by atoms with Crippen molar-refractivity contribution in [1.29, 1.82) is 0 Å². The van der Waals surface area contributed by atoms with E-state index in [-0.39, 0.29) is 0 Å². The molecule has 0 saturated carbocycles. The Morgan fingerprint density at radius 2 is 1.66 bits per heavy atom. The summed E-state index contributed by atoms with van der Waals surface area (Å²) in [4.78, 5) is 11.3. The molecule has 3 heteroatoms. The lowest BCUT2D eigenvalue weighted by Crippen LogP contribution is -2.07. The monoisotopic (exact) mass is 419 g/mol. The Morgan fingerprint density at radius 3 is 2.47 bits per heavy atom. The average Bonchev–Trinajstić information content (AvgIpc) is 3.21. The number of hydrogen-bond donors (Lipinski definition) is 2. The Bertz CT molecular complexity index is 1320. The van der Waals surface area contributed by atoms with Crippen molar-refractivity contribution in [1.82, 2.24) is 0 Å². The van der Waals surface area contributed by atoms with Gasteiger partial charge in [0.2, 0.25) is 0 Å². The number of carbonyl (C=O) groups is 1. The van der Waals surface area contributed by atoms with Crippen LogP contribution in [0.4, 0.5) is 5.69 Å². The van der Waals surface area contributed by atoms with Crippen LogP contribution in [0.2, 0.25) is 0 Å². The molecule has 32 heavy (non-hydrogen) atoms. The average molecular weight is 420 g/mol. The Morgan fingerprint density at radius 1 is 0.875 bits per heavy atom. The Kier molecular flexibility index (Phi) is 5.47. The highest BCUT2D eigenvalue weighted by molar-refractivity contribution is 5.97. The van der Waals surface area contributed by atoms with Gasteiger partial charge in [0.15, 0.2) is 0 Å². The second-order valence-corrected chi connectivity index (χ2v) is 8.25. The maximum Gasteiger partial charge on any atom is 0.328 e. The van der Waals surface area contributed by atoms with E-state index in [0.29, 0.717) is 0 Å². The number of benzene rings is 4. The van der Waals surface area contributed by atoms with Crippen LogP contribution in [0.1, 0.15) is 23.1 Å². The third-order valence-corrected chi connectivity index (χ3v) is 6.21. The third kappa shape index (κ3) is 4.02.